The number of aromatic nitrogens is 1. The summed E-state index contributed by atoms with van der Waals surface area (Å²) < 4.78 is 13.1. The number of benzene rings is 2. The van der Waals surface area contributed by atoms with Gasteiger partial charge in [0.15, 0.2) is 4.80 Å². The molecule has 1 aliphatic rings. The Morgan fingerprint density at radius 1 is 1.18 bits per heavy atom. The normalized spacial score (nSPS) is 15.1. The number of nitrogens with zero attached hydrogens (tertiary/aromatic N) is 3. The van der Waals surface area contributed by atoms with E-state index in [-0.39, 0.29) is 23.4 Å². The SMILES string of the molecule is C=CCOC(=O)C1=C(C)N=c2s/c(=C\c3ccc(-c4ccc([N+](=O)[O-])cc4)o3)c(=O)n2C1c1ccccc1. The highest BCUT2D eigenvalue weighted by molar-refractivity contribution is 7.07. The van der Waals surface area contributed by atoms with Crippen molar-refractivity contribution in [3.05, 3.63) is 132 Å². The molecule has 10 heteroatoms. The van der Waals surface area contributed by atoms with Gasteiger partial charge < -0.3 is 9.15 Å². The molecular formula is C28H21N3O6S. The predicted molar refractivity (Wildman–Crippen MR) is 142 cm³/mol. The van der Waals surface area contributed by atoms with Gasteiger partial charge in [-0.25, -0.2) is 9.79 Å². The Labute approximate surface area is 220 Å². The van der Waals surface area contributed by atoms with Crippen LogP contribution in [0.1, 0.15) is 24.3 Å². The van der Waals surface area contributed by atoms with Gasteiger partial charge in [0.05, 0.1) is 26.8 Å². The number of hydrogen-bond acceptors (Lipinski definition) is 8. The first-order valence-corrected chi connectivity index (χ1v) is 12.4. The quantitative estimate of drug-likeness (QED) is 0.154. The number of carbonyl (C=O) groups excluding carboxylic acids is 1. The van der Waals surface area contributed by atoms with Crippen LogP contribution in [0.3, 0.4) is 0 Å². The number of furan rings is 1. The van der Waals surface area contributed by atoms with Crippen molar-refractivity contribution in [1.29, 1.82) is 0 Å². The van der Waals surface area contributed by atoms with Crippen molar-refractivity contribution in [2.75, 3.05) is 6.61 Å². The largest absolute Gasteiger partial charge is 0.458 e. The number of rotatable bonds is 7. The van der Waals surface area contributed by atoms with Gasteiger partial charge in [-0.15, -0.1) is 0 Å². The highest BCUT2D eigenvalue weighted by atomic mass is 32.1. The van der Waals surface area contributed by atoms with E-state index in [2.05, 4.69) is 11.6 Å². The molecule has 2 aromatic heterocycles. The van der Waals surface area contributed by atoms with E-state index in [1.807, 2.05) is 30.3 Å². The van der Waals surface area contributed by atoms with Crippen molar-refractivity contribution in [2.24, 2.45) is 4.99 Å². The number of allylic oxidation sites excluding steroid dienone is 1. The molecule has 0 amide bonds. The maximum Gasteiger partial charge on any atom is 0.338 e. The van der Waals surface area contributed by atoms with Crippen molar-refractivity contribution in [2.45, 2.75) is 13.0 Å². The molecule has 38 heavy (non-hydrogen) atoms. The lowest BCUT2D eigenvalue weighted by atomic mass is 9.96. The molecule has 0 spiro atoms. The van der Waals surface area contributed by atoms with Gasteiger partial charge in [0.25, 0.3) is 11.2 Å². The van der Waals surface area contributed by atoms with Gasteiger partial charge in [0, 0.05) is 23.8 Å². The molecule has 0 saturated carbocycles. The lowest BCUT2D eigenvalue weighted by Gasteiger charge is -2.24. The van der Waals surface area contributed by atoms with Crippen LogP contribution in [0.5, 0.6) is 0 Å². The molecule has 0 radical (unpaired) electrons. The molecule has 0 aliphatic carbocycles. The fraction of sp³-hybridized carbons (Fsp3) is 0.107. The molecule has 0 bridgehead atoms. The average molecular weight is 528 g/mol. The number of non-ortho nitro benzene ring substituents is 1. The zero-order chi connectivity index (χ0) is 26.8. The zero-order valence-electron chi connectivity index (χ0n) is 20.2. The van der Waals surface area contributed by atoms with Crippen LogP contribution in [0.2, 0.25) is 0 Å². The fourth-order valence-corrected chi connectivity index (χ4v) is 5.23. The van der Waals surface area contributed by atoms with Gasteiger partial charge in [0.2, 0.25) is 0 Å². The molecule has 5 rings (SSSR count). The van der Waals surface area contributed by atoms with E-state index < -0.39 is 16.9 Å². The molecule has 1 unspecified atom stereocenters. The third kappa shape index (κ3) is 4.64. The van der Waals surface area contributed by atoms with Gasteiger partial charge in [0.1, 0.15) is 18.1 Å². The molecule has 0 saturated heterocycles. The Morgan fingerprint density at radius 2 is 1.92 bits per heavy atom. The van der Waals surface area contributed by atoms with Crippen molar-refractivity contribution in [1.82, 2.24) is 4.57 Å². The monoisotopic (exact) mass is 527 g/mol. The number of carbonyl (C=O) groups is 1. The average Bonchev–Trinajstić information content (AvgIpc) is 3.51. The third-order valence-electron chi connectivity index (χ3n) is 5.95. The lowest BCUT2D eigenvalue weighted by molar-refractivity contribution is -0.384. The van der Waals surface area contributed by atoms with E-state index in [0.717, 1.165) is 5.56 Å². The molecule has 190 valence electrons. The Hall–Kier alpha value is -4.83. The smallest absolute Gasteiger partial charge is 0.338 e. The van der Waals surface area contributed by atoms with Crippen molar-refractivity contribution >= 4 is 29.1 Å². The molecule has 1 aliphatic heterocycles. The second kappa shape index (κ2) is 10.3. The number of nitro groups is 1. The number of nitro benzene ring substituents is 1. The topological polar surface area (TPSA) is 117 Å². The minimum atomic E-state index is -0.709. The molecule has 1 atom stereocenters. The second-order valence-electron chi connectivity index (χ2n) is 8.39. The first-order chi connectivity index (χ1) is 18.4. The zero-order valence-corrected chi connectivity index (χ0v) is 21.0. The number of thiazole rings is 1. The van der Waals surface area contributed by atoms with E-state index in [1.54, 1.807) is 37.3 Å². The predicted octanol–water partition coefficient (Wildman–Crippen LogP) is 4.13. The minimum Gasteiger partial charge on any atom is -0.458 e. The van der Waals surface area contributed by atoms with E-state index >= 15 is 0 Å². The Bertz CT molecular complexity index is 1760. The molecule has 4 aromatic rings. The summed E-state index contributed by atoms with van der Waals surface area (Å²) in [6.45, 7) is 5.35. The third-order valence-corrected chi connectivity index (χ3v) is 6.93. The second-order valence-corrected chi connectivity index (χ2v) is 9.39. The van der Waals surface area contributed by atoms with E-state index in [0.29, 0.717) is 32.1 Å². The Morgan fingerprint density at radius 3 is 2.61 bits per heavy atom. The first-order valence-electron chi connectivity index (χ1n) is 11.6. The summed E-state index contributed by atoms with van der Waals surface area (Å²) in [6, 6.07) is 18.0. The lowest BCUT2D eigenvalue weighted by Crippen LogP contribution is -2.39. The van der Waals surface area contributed by atoms with Crippen LogP contribution in [-0.2, 0) is 9.53 Å². The fourth-order valence-electron chi connectivity index (χ4n) is 4.21. The summed E-state index contributed by atoms with van der Waals surface area (Å²) in [5.74, 6) is 0.374. The Kier molecular flexibility index (Phi) is 6.71. The number of esters is 1. The number of hydrogen-bond donors (Lipinski definition) is 0. The molecule has 9 nitrogen and oxygen atoms in total. The summed E-state index contributed by atoms with van der Waals surface area (Å²) in [5, 5.41) is 10.9. The summed E-state index contributed by atoms with van der Waals surface area (Å²) in [7, 11) is 0. The standard InChI is InChI=1S/C28H21N3O6S/c1-3-15-36-27(33)24-17(2)29-28-30(25(24)19-7-5-4-6-8-19)26(32)23(38-28)16-21-13-14-22(37-21)18-9-11-20(12-10-18)31(34)35/h3-14,16,25H,1,15H2,2H3/b23-16-. The van der Waals surface area contributed by atoms with E-state index in [9.17, 15) is 19.7 Å². The Balaban J connectivity index is 1.58. The van der Waals surface area contributed by atoms with Crippen LogP contribution >= 0.6 is 11.3 Å². The highest BCUT2D eigenvalue weighted by Gasteiger charge is 2.33. The maximum atomic E-state index is 13.7. The maximum absolute atomic E-state index is 13.7. The summed E-state index contributed by atoms with van der Waals surface area (Å²) in [4.78, 5) is 42.1. The summed E-state index contributed by atoms with van der Waals surface area (Å²) in [5.41, 5.74) is 1.84. The van der Waals surface area contributed by atoms with Gasteiger partial charge in [-0.1, -0.05) is 54.3 Å². The molecular weight excluding hydrogens is 506 g/mol. The molecule has 0 N–H and O–H groups in total. The molecule has 3 heterocycles. The van der Waals surface area contributed by atoms with Crippen LogP contribution in [0.25, 0.3) is 17.4 Å². The summed E-state index contributed by atoms with van der Waals surface area (Å²) in [6.07, 6.45) is 3.10. The van der Waals surface area contributed by atoms with Crippen molar-refractivity contribution in [3.63, 3.8) is 0 Å². The molecule has 0 fully saturated rings. The van der Waals surface area contributed by atoms with Crippen LogP contribution in [0.4, 0.5) is 5.69 Å². The van der Waals surface area contributed by atoms with Gasteiger partial charge in [-0.2, -0.15) is 0 Å². The summed E-state index contributed by atoms with van der Waals surface area (Å²) >= 11 is 1.19. The van der Waals surface area contributed by atoms with Gasteiger partial charge in [-0.05, 0) is 36.8 Å². The molecule has 2 aromatic carbocycles. The highest BCUT2D eigenvalue weighted by Crippen LogP contribution is 2.30. The number of ether oxygens (including phenoxy) is 1. The van der Waals surface area contributed by atoms with Crippen molar-refractivity contribution in [3.8, 4) is 11.3 Å². The number of fused-ring (bicyclic) bond motifs is 1. The van der Waals surface area contributed by atoms with Crippen molar-refractivity contribution < 1.29 is 18.9 Å². The van der Waals surface area contributed by atoms with Gasteiger partial charge >= 0.3 is 5.97 Å². The van der Waals surface area contributed by atoms with E-state index in [1.165, 1.54) is 34.1 Å². The van der Waals surface area contributed by atoms with E-state index in [4.69, 9.17) is 9.15 Å². The van der Waals surface area contributed by atoms with Crippen LogP contribution < -0.4 is 14.9 Å². The first kappa shape index (κ1) is 24.8. The van der Waals surface area contributed by atoms with Gasteiger partial charge in [-0.3, -0.25) is 19.5 Å². The van der Waals surface area contributed by atoms with Crippen LogP contribution in [0.15, 0.2) is 105 Å². The van der Waals surface area contributed by atoms with Crippen LogP contribution in [-0.4, -0.2) is 22.1 Å². The minimum absolute atomic E-state index is 0.0161. The van der Waals surface area contributed by atoms with Crippen LogP contribution in [0, 0.1) is 10.1 Å².